The summed E-state index contributed by atoms with van der Waals surface area (Å²) in [6, 6.07) is 4.31. The zero-order valence-corrected chi connectivity index (χ0v) is 10.8. The molecule has 0 aliphatic heterocycles. The maximum absolute atomic E-state index is 11.9. The average Bonchev–Trinajstić information content (AvgIpc) is 2.28. The summed E-state index contributed by atoms with van der Waals surface area (Å²) in [5, 5.41) is 10.4. The van der Waals surface area contributed by atoms with Gasteiger partial charge in [0.25, 0.3) is 5.69 Å². The normalized spacial score (nSPS) is 13.2. The summed E-state index contributed by atoms with van der Waals surface area (Å²) in [5.74, 6) is 0. The van der Waals surface area contributed by atoms with Gasteiger partial charge in [0.2, 0.25) is 10.0 Å². The number of methoxy groups -OCH3 is 1. The van der Waals surface area contributed by atoms with E-state index in [9.17, 15) is 18.5 Å². The van der Waals surface area contributed by atoms with Crippen molar-refractivity contribution in [2.24, 2.45) is 0 Å². The minimum absolute atomic E-state index is 0.0175. The third-order valence-electron chi connectivity index (χ3n) is 2.13. The van der Waals surface area contributed by atoms with E-state index in [4.69, 9.17) is 4.74 Å². The number of ether oxygens (including phenoxy) is 1. The summed E-state index contributed by atoms with van der Waals surface area (Å²) in [5.41, 5.74) is -0.154. The van der Waals surface area contributed by atoms with E-state index in [1.54, 1.807) is 6.92 Å². The standard InChI is InChI=1S/C10H14N2O5S/c1-8(7-17-2)11-18(15,16)10-5-3-9(4-6-10)12(13)14/h3-6,8,11H,7H2,1-2H3/t8-/m0/s1. The topological polar surface area (TPSA) is 98.5 Å². The molecule has 0 spiro atoms. The van der Waals surface area contributed by atoms with Crippen LogP contribution in [0, 0.1) is 10.1 Å². The molecule has 8 heteroatoms. The van der Waals surface area contributed by atoms with Crippen LogP contribution in [0.4, 0.5) is 5.69 Å². The molecule has 100 valence electrons. The highest BCUT2D eigenvalue weighted by atomic mass is 32.2. The van der Waals surface area contributed by atoms with Gasteiger partial charge in [0.05, 0.1) is 16.4 Å². The lowest BCUT2D eigenvalue weighted by Gasteiger charge is -2.12. The Labute approximate surface area is 105 Å². The van der Waals surface area contributed by atoms with Gasteiger partial charge in [0, 0.05) is 25.3 Å². The van der Waals surface area contributed by atoms with Crippen molar-refractivity contribution in [1.29, 1.82) is 0 Å². The van der Waals surface area contributed by atoms with Crippen LogP contribution >= 0.6 is 0 Å². The lowest BCUT2D eigenvalue weighted by Crippen LogP contribution is -2.35. The number of nitrogens with one attached hydrogen (secondary N) is 1. The number of sulfonamides is 1. The molecule has 0 radical (unpaired) electrons. The lowest BCUT2D eigenvalue weighted by atomic mass is 10.3. The van der Waals surface area contributed by atoms with Gasteiger partial charge >= 0.3 is 0 Å². The van der Waals surface area contributed by atoms with Gasteiger partial charge in [0.1, 0.15) is 0 Å². The maximum Gasteiger partial charge on any atom is 0.269 e. The molecule has 0 fully saturated rings. The number of nitro benzene ring substituents is 1. The Balaban J connectivity index is 2.88. The summed E-state index contributed by atoms with van der Waals surface area (Å²) in [6.07, 6.45) is 0. The fraction of sp³-hybridized carbons (Fsp3) is 0.400. The molecule has 0 heterocycles. The van der Waals surface area contributed by atoms with Crippen LogP contribution in [0.2, 0.25) is 0 Å². The van der Waals surface area contributed by atoms with Crippen LogP contribution in [-0.4, -0.2) is 33.1 Å². The van der Waals surface area contributed by atoms with Crippen LogP contribution in [0.3, 0.4) is 0 Å². The van der Waals surface area contributed by atoms with Crippen molar-refractivity contribution < 1.29 is 18.1 Å². The van der Waals surface area contributed by atoms with Crippen LogP contribution in [0.15, 0.2) is 29.2 Å². The lowest BCUT2D eigenvalue weighted by molar-refractivity contribution is -0.384. The molecular weight excluding hydrogens is 260 g/mol. The van der Waals surface area contributed by atoms with E-state index >= 15 is 0 Å². The zero-order valence-electron chi connectivity index (χ0n) is 9.99. The third kappa shape index (κ3) is 3.76. The van der Waals surface area contributed by atoms with Gasteiger partial charge in [-0.2, -0.15) is 0 Å². The first-order valence-electron chi connectivity index (χ1n) is 5.12. The fourth-order valence-electron chi connectivity index (χ4n) is 1.36. The van der Waals surface area contributed by atoms with Crippen LogP contribution in [0.5, 0.6) is 0 Å². The van der Waals surface area contributed by atoms with Crippen molar-refractivity contribution in [3.8, 4) is 0 Å². The van der Waals surface area contributed by atoms with Crippen molar-refractivity contribution in [3.05, 3.63) is 34.4 Å². The van der Waals surface area contributed by atoms with Crippen LogP contribution in [0.1, 0.15) is 6.92 Å². The van der Waals surface area contributed by atoms with E-state index < -0.39 is 14.9 Å². The molecule has 0 aromatic heterocycles. The van der Waals surface area contributed by atoms with Crippen molar-refractivity contribution in [2.75, 3.05) is 13.7 Å². The van der Waals surface area contributed by atoms with E-state index in [2.05, 4.69) is 4.72 Å². The minimum atomic E-state index is -3.68. The van der Waals surface area contributed by atoms with Gasteiger partial charge in [-0.3, -0.25) is 10.1 Å². The highest BCUT2D eigenvalue weighted by molar-refractivity contribution is 7.89. The van der Waals surface area contributed by atoms with E-state index in [1.165, 1.54) is 19.2 Å². The van der Waals surface area contributed by atoms with Crippen molar-refractivity contribution in [2.45, 2.75) is 17.9 Å². The SMILES string of the molecule is COC[C@H](C)NS(=O)(=O)c1ccc([N+](=O)[O-])cc1. The number of hydrogen-bond acceptors (Lipinski definition) is 5. The number of rotatable bonds is 6. The number of hydrogen-bond donors (Lipinski definition) is 1. The highest BCUT2D eigenvalue weighted by Gasteiger charge is 2.18. The third-order valence-corrected chi connectivity index (χ3v) is 3.74. The first kappa shape index (κ1) is 14.6. The van der Waals surface area contributed by atoms with E-state index in [0.717, 1.165) is 12.1 Å². The van der Waals surface area contributed by atoms with Gasteiger partial charge in [-0.15, -0.1) is 0 Å². The van der Waals surface area contributed by atoms with Gasteiger partial charge in [-0.05, 0) is 19.1 Å². The Morgan fingerprint density at radius 2 is 1.94 bits per heavy atom. The van der Waals surface area contributed by atoms with E-state index in [-0.39, 0.29) is 23.2 Å². The fourth-order valence-corrected chi connectivity index (χ4v) is 2.59. The predicted octanol–water partition coefficient (Wildman–Crippen LogP) is 0.908. The van der Waals surface area contributed by atoms with Crippen LogP contribution < -0.4 is 4.72 Å². The number of non-ortho nitro benzene ring substituents is 1. The molecular formula is C10H14N2O5S. The molecule has 18 heavy (non-hydrogen) atoms. The summed E-state index contributed by atoms with van der Waals surface area (Å²) in [7, 11) is -2.21. The maximum atomic E-state index is 11.9. The molecule has 0 amide bonds. The largest absolute Gasteiger partial charge is 0.383 e. The minimum Gasteiger partial charge on any atom is -0.383 e. The summed E-state index contributed by atoms with van der Waals surface area (Å²) < 4.78 is 30.9. The van der Waals surface area contributed by atoms with E-state index in [0.29, 0.717) is 0 Å². The van der Waals surface area contributed by atoms with Crippen molar-refractivity contribution in [3.63, 3.8) is 0 Å². The van der Waals surface area contributed by atoms with E-state index in [1.807, 2.05) is 0 Å². The zero-order chi connectivity index (χ0) is 13.8. The highest BCUT2D eigenvalue weighted by Crippen LogP contribution is 2.15. The first-order chi connectivity index (χ1) is 8.36. The van der Waals surface area contributed by atoms with Crippen molar-refractivity contribution >= 4 is 15.7 Å². The first-order valence-corrected chi connectivity index (χ1v) is 6.61. The molecule has 1 atom stereocenters. The second kappa shape index (κ2) is 5.89. The second-order valence-electron chi connectivity index (χ2n) is 3.73. The number of nitro groups is 1. The number of nitrogens with zero attached hydrogens (tertiary/aromatic N) is 1. The Morgan fingerprint density at radius 3 is 2.39 bits per heavy atom. The molecule has 0 saturated heterocycles. The molecule has 7 nitrogen and oxygen atoms in total. The van der Waals surface area contributed by atoms with Gasteiger partial charge in [0.15, 0.2) is 0 Å². The second-order valence-corrected chi connectivity index (χ2v) is 5.44. The molecule has 0 bridgehead atoms. The molecule has 1 N–H and O–H groups in total. The molecule has 0 aliphatic rings. The Hall–Kier alpha value is -1.51. The molecule has 0 aliphatic carbocycles. The molecule has 1 aromatic rings. The number of benzene rings is 1. The smallest absolute Gasteiger partial charge is 0.269 e. The van der Waals surface area contributed by atoms with Crippen molar-refractivity contribution in [1.82, 2.24) is 4.72 Å². The Bertz CT molecular complexity index is 512. The Kier molecular flexibility index (Phi) is 4.76. The quantitative estimate of drug-likeness (QED) is 0.614. The van der Waals surface area contributed by atoms with Crippen LogP contribution in [-0.2, 0) is 14.8 Å². The molecule has 0 saturated carbocycles. The van der Waals surface area contributed by atoms with Gasteiger partial charge in [-0.25, -0.2) is 13.1 Å². The van der Waals surface area contributed by atoms with Crippen LogP contribution in [0.25, 0.3) is 0 Å². The molecule has 0 unspecified atom stereocenters. The predicted molar refractivity (Wildman–Crippen MR) is 64.8 cm³/mol. The average molecular weight is 274 g/mol. The Morgan fingerprint density at radius 1 is 1.39 bits per heavy atom. The summed E-state index contributed by atoms with van der Waals surface area (Å²) in [6.45, 7) is 1.90. The monoisotopic (exact) mass is 274 g/mol. The van der Waals surface area contributed by atoms with Gasteiger partial charge < -0.3 is 4.74 Å². The molecule has 1 rings (SSSR count). The molecule has 1 aromatic carbocycles. The summed E-state index contributed by atoms with van der Waals surface area (Å²) in [4.78, 5) is 9.85. The summed E-state index contributed by atoms with van der Waals surface area (Å²) >= 11 is 0. The van der Waals surface area contributed by atoms with Gasteiger partial charge in [-0.1, -0.05) is 0 Å².